The Balaban J connectivity index is 2.42. The minimum atomic E-state index is 0.705. The molecule has 0 unspecified atom stereocenters. The first-order chi connectivity index (χ1) is 7.97. The molecule has 0 aliphatic carbocycles. The van der Waals surface area contributed by atoms with Crippen LogP contribution in [0.5, 0.6) is 0 Å². The molecule has 0 saturated heterocycles. The van der Waals surface area contributed by atoms with Crippen molar-refractivity contribution in [2.75, 3.05) is 25.4 Å². The Morgan fingerprint density at radius 2 is 1.82 bits per heavy atom. The second kappa shape index (κ2) is 6.64. The van der Waals surface area contributed by atoms with Gasteiger partial charge >= 0.3 is 0 Å². The molecule has 1 rings (SSSR count). The van der Waals surface area contributed by atoms with Crippen LogP contribution in [0.2, 0.25) is 0 Å². The fourth-order valence-corrected chi connectivity index (χ4v) is 2.04. The summed E-state index contributed by atoms with van der Waals surface area (Å²) in [4.78, 5) is 2.51. The molecule has 1 aromatic rings. The molecule has 17 heavy (non-hydrogen) atoms. The minimum Gasteiger partial charge on any atom is -0.396 e. The number of hydrogen-bond acceptors (Lipinski definition) is 3. The van der Waals surface area contributed by atoms with Crippen molar-refractivity contribution in [3.8, 4) is 0 Å². The first kappa shape index (κ1) is 14.0. The summed E-state index contributed by atoms with van der Waals surface area (Å²) in [6.07, 6.45) is 3.60. The van der Waals surface area contributed by atoms with Crippen LogP contribution in [0.15, 0.2) is 12.4 Å². The Hall–Kier alpha value is -1.03. The van der Waals surface area contributed by atoms with E-state index >= 15 is 0 Å². The van der Waals surface area contributed by atoms with Gasteiger partial charge in [0, 0.05) is 25.8 Å². The quantitative estimate of drug-likeness (QED) is 0.791. The normalized spacial score (nSPS) is 11.9. The lowest BCUT2D eigenvalue weighted by Gasteiger charge is -2.25. The Morgan fingerprint density at radius 1 is 1.24 bits per heavy atom. The maximum Gasteiger partial charge on any atom is 0.0719 e. The zero-order valence-corrected chi connectivity index (χ0v) is 11.6. The number of nitrogens with two attached hydrogens (primary N) is 1. The molecule has 0 radical (unpaired) electrons. The van der Waals surface area contributed by atoms with Crippen LogP contribution < -0.4 is 5.73 Å². The second-order valence-corrected chi connectivity index (χ2v) is 5.58. The van der Waals surface area contributed by atoms with Crippen LogP contribution in [0.25, 0.3) is 0 Å². The van der Waals surface area contributed by atoms with Gasteiger partial charge < -0.3 is 10.6 Å². The molecule has 0 aliphatic rings. The molecule has 1 aromatic heterocycles. The van der Waals surface area contributed by atoms with Gasteiger partial charge in [-0.3, -0.25) is 4.68 Å². The number of rotatable bonds is 7. The van der Waals surface area contributed by atoms with Gasteiger partial charge in [-0.05, 0) is 11.8 Å². The van der Waals surface area contributed by atoms with Crippen molar-refractivity contribution in [1.29, 1.82) is 0 Å². The van der Waals surface area contributed by atoms with Crippen LogP contribution in [0.3, 0.4) is 0 Å². The maximum atomic E-state index is 5.65. The largest absolute Gasteiger partial charge is 0.396 e. The highest BCUT2D eigenvalue weighted by Crippen LogP contribution is 2.05. The zero-order chi connectivity index (χ0) is 12.8. The van der Waals surface area contributed by atoms with Gasteiger partial charge in [0.2, 0.25) is 0 Å². The third kappa shape index (κ3) is 5.73. The molecule has 0 spiro atoms. The summed E-state index contributed by atoms with van der Waals surface area (Å²) in [5.74, 6) is 1.41. The van der Waals surface area contributed by atoms with E-state index in [1.54, 1.807) is 6.20 Å². The summed E-state index contributed by atoms with van der Waals surface area (Å²) < 4.78 is 1.92. The van der Waals surface area contributed by atoms with Crippen molar-refractivity contribution in [2.24, 2.45) is 11.8 Å². The van der Waals surface area contributed by atoms with Gasteiger partial charge in [-0.2, -0.15) is 5.10 Å². The molecule has 98 valence electrons. The molecule has 0 bridgehead atoms. The van der Waals surface area contributed by atoms with E-state index in [0.29, 0.717) is 11.8 Å². The summed E-state index contributed by atoms with van der Waals surface area (Å²) in [7, 11) is 0. The summed E-state index contributed by atoms with van der Waals surface area (Å²) in [5.41, 5.74) is 6.39. The van der Waals surface area contributed by atoms with Crippen molar-refractivity contribution < 1.29 is 0 Å². The van der Waals surface area contributed by atoms with Crippen molar-refractivity contribution in [2.45, 2.75) is 34.2 Å². The first-order valence-corrected chi connectivity index (χ1v) is 6.47. The fourth-order valence-electron chi connectivity index (χ4n) is 2.04. The van der Waals surface area contributed by atoms with Crippen molar-refractivity contribution in [1.82, 2.24) is 14.7 Å². The molecule has 4 heteroatoms. The van der Waals surface area contributed by atoms with E-state index in [1.165, 1.54) is 0 Å². The van der Waals surface area contributed by atoms with Crippen LogP contribution in [0.4, 0.5) is 5.69 Å². The maximum absolute atomic E-state index is 5.65. The van der Waals surface area contributed by atoms with Gasteiger partial charge in [-0.25, -0.2) is 0 Å². The number of nitrogen functional groups attached to an aromatic ring is 1. The molecule has 0 saturated carbocycles. The molecule has 0 atom stereocenters. The Labute approximate surface area is 105 Å². The predicted octanol–water partition coefficient (Wildman–Crippen LogP) is 2.08. The van der Waals surface area contributed by atoms with Gasteiger partial charge in [0.05, 0.1) is 18.4 Å². The topological polar surface area (TPSA) is 47.1 Å². The number of hydrogen-bond donors (Lipinski definition) is 1. The SMILES string of the molecule is CC(C)CN(CCn1cc(N)cn1)CC(C)C. The summed E-state index contributed by atoms with van der Waals surface area (Å²) >= 11 is 0. The number of aromatic nitrogens is 2. The van der Waals surface area contributed by atoms with Crippen molar-refractivity contribution in [3.63, 3.8) is 0 Å². The van der Waals surface area contributed by atoms with E-state index in [1.807, 2.05) is 10.9 Å². The number of anilines is 1. The highest BCUT2D eigenvalue weighted by atomic mass is 15.3. The van der Waals surface area contributed by atoms with Crippen LogP contribution in [-0.2, 0) is 6.54 Å². The van der Waals surface area contributed by atoms with E-state index in [0.717, 1.165) is 31.9 Å². The lowest BCUT2D eigenvalue weighted by Crippen LogP contribution is -2.34. The molecule has 2 N–H and O–H groups in total. The summed E-state index contributed by atoms with van der Waals surface area (Å²) in [5, 5.41) is 4.21. The van der Waals surface area contributed by atoms with Crippen molar-refractivity contribution in [3.05, 3.63) is 12.4 Å². The highest BCUT2D eigenvalue weighted by molar-refractivity contribution is 5.30. The summed E-state index contributed by atoms with van der Waals surface area (Å²) in [6.45, 7) is 13.3. The minimum absolute atomic E-state index is 0.705. The Morgan fingerprint density at radius 3 is 2.24 bits per heavy atom. The number of nitrogens with zero attached hydrogens (tertiary/aromatic N) is 3. The fraction of sp³-hybridized carbons (Fsp3) is 0.769. The smallest absolute Gasteiger partial charge is 0.0719 e. The van der Waals surface area contributed by atoms with Crippen LogP contribution >= 0.6 is 0 Å². The molecular formula is C13H26N4. The standard InChI is InChI=1S/C13H26N4/c1-11(2)8-16(9-12(3)4)5-6-17-10-13(14)7-15-17/h7,10-12H,5-6,8-9,14H2,1-4H3. The predicted molar refractivity (Wildman–Crippen MR) is 72.8 cm³/mol. The monoisotopic (exact) mass is 238 g/mol. The Bertz CT molecular complexity index is 307. The first-order valence-electron chi connectivity index (χ1n) is 6.47. The van der Waals surface area contributed by atoms with Gasteiger partial charge in [0.15, 0.2) is 0 Å². The molecule has 1 heterocycles. The molecule has 0 fully saturated rings. The van der Waals surface area contributed by atoms with Gasteiger partial charge in [0.25, 0.3) is 0 Å². The zero-order valence-electron chi connectivity index (χ0n) is 11.6. The molecule has 0 aliphatic heterocycles. The van der Waals surface area contributed by atoms with Crippen LogP contribution in [0.1, 0.15) is 27.7 Å². The molecular weight excluding hydrogens is 212 g/mol. The van der Waals surface area contributed by atoms with Gasteiger partial charge in [0.1, 0.15) is 0 Å². The Kier molecular flexibility index (Phi) is 5.48. The van der Waals surface area contributed by atoms with E-state index in [-0.39, 0.29) is 0 Å². The average Bonchev–Trinajstić information content (AvgIpc) is 2.59. The van der Waals surface area contributed by atoms with Gasteiger partial charge in [-0.1, -0.05) is 27.7 Å². The third-order valence-electron chi connectivity index (χ3n) is 2.55. The van der Waals surface area contributed by atoms with E-state index in [9.17, 15) is 0 Å². The molecule has 4 nitrogen and oxygen atoms in total. The average molecular weight is 238 g/mol. The van der Waals surface area contributed by atoms with E-state index in [4.69, 9.17) is 5.73 Å². The second-order valence-electron chi connectivity index (χ2n) is 5.58. The van der Waals surface area contributed by atoms with E-state index in [2.05, 4.69) is 37.7 Å². The van der Waals surface area contributed by atoms with Gasteiger partial charge in [-0.15, -0.1) is 0 Å². The summed E-state index contributed by atoms with van der Waals surface area (Å²) in [6, 6.07) is 0. The molecule has 0 amide bonds. The highest BCUT2D eigenvalue weighted by Gasteiger charge is 2.09. The van der Waals surface area contributed by atoms with Crippen molar-refractivity contribution >= 4 is 5.69 Å². The lowest BCUT2D eigenvalue weighted by atomic mass is 10.1. The molecule has 0 aromatic carbocycles. The van der Waals surface area contributed by atoms with Crippen LogP contribution in [0, 0.1) is 11.8 Å². The lowest BCUT2D eigenvalue weighted by molar-refractivity contribution is 0.209. The third-order valence-corrected chi connectivity index (χ3v) is 2.55. The van der Waals surface area contributed by atoms with Crippen LogP contribution in [-0.4, -0.2) is 34.3 Å². The van der Waals surface area contributed by atoms with E-state index < -0.39 is 0 Å².